The van der Waals surface area contributed by atoms with E-state index < -0.39 is 0 Å². The highest BCUT2D eigenvalue weighted by Gasteiger charge is 2.04. The van der Waals surface area contributed by atoms with Gasteiger partial charge in [-0.3, -0.25) is 0 Å². The monoisotopic (exact) mass is 258 g/mol. The van der Waals surface area contributed by atoms with E-state index in [1.807, 2.05) is 37.3 Å². The lowest BCUT2D eigenvalue weighted by Crippen LogP contribution is -2.14. The highest BCUT2D eigenvalue weighted by molar-refractivity contribution is 7.80. The van der Waals surface area contributed by atoms with Crippen LogP contribution in [0.5, 0.6) is 0 Å². The summed E-state index contributed by atoms with van der Waals surface area (Å²) < 4.78 is 0. The Morgan fingerprint density at radius 2 is 2.00 bits per heavy atom. The third-order valence-electron chi connectivity index (χ3n) is 2.40. The van der Waals surface area contributed by atoms with Crippen molar-refractivity contribution in [3.8, 4) is 0 Å². The quantitative estimate of drug-likeness (QED) is 0.822. The first-order chi connectivity index (χ1) is 8.65. The summed E-state index contributed by atoms with van der Waals surface area (Å²) in [4.78, 5) is 8.83. The average Bonchev–Trinajstić information content (AvgIpc) is 2.37. The summed E-state index contributed by atoms with van der Waals surface area (Å²) in [7, 11) is 0. The number of rotatable bonds is 4. The summed E-state index contributed by atoms with van der Waals surface area (Å²) in [6.07, 6.45) is 0. The average molecular weight is 258 g/mol. The summed E-state index contributed by atoms with van der Waals surface area (Å²) in [6.45, 7) is 2.55. The molecule has 1 aromatic heterocycles. The molecule has 2 aromatic rings. The number of nitrogens with two attached hydrogens (primary N) is 1. The van der Waals surface area contributed by atoms with Crippen LogP contribution in [0.2, 0.25) is 0 Å². The van der Waals surface area contributed by atoms with Crippen LogP contribution in [-0.4, -0.2) is 15.0 Å². The number of benzene rings is 1. The molecule has 92 valence electrons. The molecule has 5 heteroatoms. The van der Waals surface area contributed by atoms with Gasteiger partial charge in [-0.15, -0.1) is 0 Å². The molecular weight excluding hydrogens is 244 g/mol. The first kappa shape index (κ1) is 12.4. The maximum Gasteiger partial charge on any atom is 0.223 e. The van der Waals surface area contributed by atoms with Crippen molar-refractivity contribution in [2.24, 2.45) is 5.73 Å². The predicted octanol–water partition coefficient (Wildman–Crippen LogP) is 2.03. The van der Waals surface area contributed by atoms with Crippen molar-refractivity contribution in [3.05, 3.63) is 53.3 Å². The summed E-state index contributed by atoms with van der Waals surface area (Å²) in [5.74, 6) is 0.543. The molecule has 0 fully saturated rings. The SMILES string of the molecule is Cc1cc(C(N)=S)nc(NCc2ccccc2)n1. The number of thiocarbonyl (C=S) groups is 1. The molecule has 0 spiro atoms. The van der Waals surface area contributed by atoms with E-state index >= 15 is 0 Å². The Hall–Kier alpha value is -2.01. The largest absolute Gasteiger partial charge is 0.388 e. The highest BCUT2D eigenvalue weighted by atomic mass is 32.1. The van der Waals surface area contributed by atoms with Crippen LogP contribution in [-0.2, 0) is 6.54 Å². The molecule has 0 radical (unpaired) electrons. The van der Waals surface area contributed by atoms with E-state index in [4.69, 9.17) is 18.0 Å². The molecular formula is C13H14N4S. The first-order valence-electron chi connectivity index (χ1n) is 5.58. The maximum absolute atomic E-state index is 5.57. The topological polar surface area (TPSA) is 63.8 Å². The van der Waals surface area contributed by atoms with Crippen LogP contribution < -0.4 is 11.1 Å². The lowest BCUT2D eigenvalue weighted by molar-refractivity contribution is 1.02. The molecule has 0 atom stereocenters. The fourth-order valence-electron chi connectivity index (χ4n) is 1.55. The fraction of sp³-hybridized carbons (Fsp3) is 0.154. The van der Waals surface area contributed by atoms with Crippen LogP contribution >= 0.6 is 12.2 Å². The van der Waals surface area contributed by atoms with E-state index in [9.17, 15) is 0 Å². The second-order valence-electron chi connectivity index (χ2n) is 3.92. The minimum absolute atomic E-state index is 0.281. The number of aryl methyl sites for hydroxylation is 1. The van der Waals surface area contributed by atoms with Gasteiger partial charge in [-0.2, -0.15) is 0 Å². The summed E-state index contributed by atoms with van der Waals surface area (Å²) >= 11 is 4.92. The summed E-state index contributed by atoms with van der Waals surface area (Å²) in [6, 6.07) is 11.8. The third-order valence-corrected chi connectivity index (χ3v) is 2.61. The number of hydrogen-bond acceptors (Lipinski definition) is 4. The van der Waals surface area contributed by atoms with Gasteiger partial charge in [0.1, 0.15) is 10.7 Å². The lowest BCUT2D eigenvalue weighted by atomic mass is 10.2. The second-order valence-corrected chi connectivity index (χ2v) is 4.36. The summed E-state index contributed by atoms with van der Waals surface area (Å²) in [5, 5.41) is 3.16. The van der Waals surface area contributed by atoms with Crippen molar-refractivity contribution in [1.82, 2.24) is 9.97 Å². The molecule has 1 aromatic carbocycles. The smallest absolute Gasteiger partial charge is 0.223 e. The molecule has 0 amide bonds. The first-order valence-corrected chi connectivity index (χ1v) is 5.99. The maximum atomic E-state index is 5.57. The Kier molecular flexibility index (Phi) is 3.84. The molecule has 0 bridgehead atoms. The number of hydrogen-bond donors (Lipinski definition) is 2. The second kappa shape index (κ2) is 5.55. The van der Waals surface area contributed by atoms with Crippen LogP contribution in [0.25, 0.3) is 0 Å². The molecule has 0 aliphatic carbocycles. The molecule has 3 N–H and O–H groups in total. The van der Waals surface area contributed by atoms with E-state index in [0.29, 0.717) is 18.2 Å². The number of anilines is 1. The van der Waals surface area contributed by atoms with E-state index in [0.717, 1.165) is 5.69 Å². The summed E-state index contributed by atoms with van der Waals surface area (Å²) in [5.41, 5.74) is 8.17. The van der Waals surface area contributed by atoms with E-state index in [1.54, 1.807) is 6.07 Å². The van der Waals surface area contributed by atoms with Gasteiger partial charge in [0, 0.05) is 12.2 Å². The van der Waals surface area contributed by atoms with Gasteiger partial charge in [0.15, 0.2) is 0 Å². The van der Waals surface area contributed by atoms with Crippen LogP contribution in [0.1, 0.15) is 17.0 Å². The molecule has 1 heterocycles. The minimum atomic E-state index is 0.281. The Bertz CT molecular complexity index is 554. The Morgan fingerprint density at radius 3 is 2.67 bits per heavy atom. The van der Waals surface area contributed by atoms with Gasteiger partial charge in [-0.1, -0.05) is 42.5 Å². The molecule has 0 unspecified atom stereocenters. The fourth-order valence-corrected chi connectivity index (χ4v) is 1.66. The zero-order chi connectivity index (χ0) is 13.0. The van der Waals surface area contributed by atoms with Gasteiger partial charge in [-0.25, -0.2) is 9.97 Å². The standard InChI is InChI=1S/C13H14N4S/c1-9-7-11(12(14)18)17-13(16-9)15-8-10-5-3-2-4-6-10/h2-7H,8H2,1H3,(H2,14,18)(H,15,16,17). The number of aromatic nitrogens is 2. The van der Waals surface area contributed by atoms with Gasteiger partial charge >= 0.3 is 0 Å². The van der Waals surface area contributed by atoms with Gasteiger partial charge in [0.05, 0.1) is 0 Å². The lowest BCUT2D eigenvalue weighted by Gasteiger charge is -2.07. The van der Waals surface area contributed by atoms with Crippen LogP contribution in [0.4, 0.5) is 5.95 Å². The highest BCUT2D eigenvalue weighted by Crippen LogP contribution is 2.07. The Labute approximate surface area is 111 Å². The van der Waals surface area contributed by atoms with E-state index in [2.05, 4.69) is 15.3 Å². The molecule has 2 rings (SSSR count). The van der Waals surface area contributed by atoms with Crippen molar-refractivity contribution >= 4 is 23.2 Å². The molecule has 0 aliphatic rings. The van der Waals surface area contributed by atoms with Gasteiger partial charge < -0.3 is 11.1 Å². The van der Waals surface area contributed by atoms with Crippen LogP contribution in [0, 0.1) is 6.92 Å². The Morgan fingerprint density at radius 1 is 1.28 bits per heavy atom. The Balaban J connectivity index is 2.12. The van der Waals surface area contributed by atoms with Gasteiger partial charge in [0.2, 0.25) is 5.95 Å². The van der Waals surface area contributed by atoms with Crippen molar-refractivity contribution in [1.29, 1.82) is 0 Å². The number of nitrogens with one attached hydrogen (secondary N) is 1. The van der Waals surface area contributed by atoms with E-state index in [-0.39, 0.29) is 4.99 Å². The zero-order valence-electron chi connectivity index (χ0n) is 10.1. The molecule has 4 nitrogen and oxygen atoms in total. The van der Waals surface area contributed by atoms with Crippen LogP contribution in [0.3, 0.4) is 0 Å². The molecule has 0 saturated carbocycles. The molecule has 0 saturated heterocycles. The molecule has 18 heavy (non-hydrogen) atoms. The number of nitrogens with zero attached hydrogens (tertiary/aromatic N) is 2. The van der Waals surface area contributed by atoms with Crippen molar-refractivity contribution in [2.75, 3.05) is 5.32 Å². The van der Waals surface area contributed by atoms with Gasteiger partial charge in [-0.05, 0) is 18.6 Å². The van der Waals surface area contributed by atoms with Crippen LogP contribution in [0.15, 0.2) is 36.4 Å². The predicted molar refractivity (Wildman–Crippen MR) is 76.4 cm³/mol. The molecule has 0 aliphatic heterocycles. The zero-order valence-corrected chi connectivity index (χ0v) is 10.9. The third kappa shape index (κ3) is 3.24. The normalized spacial score (nSPS) is 10.1. The van der Waals surface area contributed by atoms with Crippen molar-refractivity contribution in [2.45, 2.75) is 13.5 Å². The minimum Gasteiger partial charge on any atom is -0.388 e. The van der Waals surface area contributed by atoms with Gasteiger partial charge in [0.25, 0.3) is 0 Å². The van der Waals surface area contributed by atoms with Crippen molar-refractivity contribution < 1.29 is 0 Å². The van der Waals surface area contributed by atoms with Crippen molar-refractivity contribution in [3.63, 3.8) is 0 Å². The van der Waals surface area contributed by atoms with E-state index in [1.165, 1.54) is 5.56 Å².